The summed E-state index contributed by atoms with van der Waals surface area (Å²) in [5.41, 5.74) is 6.34. The van der Waals surface area contributed by atoms with Crippen LogP contribution in [0.15, 0.2) is 26.7 Å². The number of halogens is 1. The van der Waals surface area contributed by atoms with Crippen molar-refractivity contribution in [3.8, 4) is 10.6 Å². The van der Waals surface area contributed by atoms with Crippen molar-refractivity contribution in [1.29, 1.82) is 0 Å². The van der Waals surface area contributed by atoms with Gasteiger partial charge in [-0.2, -0.15) is 0 Å². The van der Waals surface area contributed by atoms with E-state index in [1.54, 1.807) is 11.3 Å². The fraction of sp³-hybridized carbons (Fsp3) is 0.125. The van der Waals surface area contributed by atoms with Crippen LogP contribution in [0.2, 0.25) is 0 Å². The monoisotopic (exact) mass is 258 g/mol. The SMILES string of the molecule is NCc1ocnc1-c1ccc(Br)s1. The molecule has 5 heteroatoms. The molecule has 68 valence electrons. The Morgan fingerprint density at radius 1 is 1.54 bits per heavy atom. The highest BCUT2D eigenvalue weighted by molar-refractivity contribution is 9.11. The third-order valence-corrected chi connectivity index (χ3v) is 3.26. The van der Waals surface area contributed by atoms with Crippen molar-refractivity contribution in [3.63, 3.8) is 0 Å². The lowest BCUT2D eigenvalue weighted by Gasteiger charge is -1.92. The standard InChI is InChI=1S/C8H7BrN2OS/c9-7-2-1-6(13-7)8-5(3-10)12-4-11-8/h1-2,4H,3,10H2. The van der Waals surface area contributed by atoms with Gasteiger partial charge in [0.15, 0.2) is 6.39 Å². The average molecular weight is 259 g/mol. The van der Waals surface area contributed by atoms with Gasteiger partial charge in [-0.15, -0.1) is 11.3 Å². The summed E-state index contributed by atoms with van der Waals surface area (Å²) in [5, 5.41) is 0. The zero-order valence-electron chi connectivity index (χ0n) is 6.66. The molecule has 0 unspecified atom stereocenters. The summed E-state index contributed by atoms with van der Waals surface area (Å²) < 4.78 is 6.21. The Balaban J connectivity index is 2.45. The molecule has 0 bridgehead atoms. The number of hydrogen-bond donors (Lipinski definition) is 1. The molecule has 0 aliphatic rings. The van der Waals surface area contributed by atoms with Crippen LogP contribution in [0, 0.1) is 0 Å². The lowest BCUT2D eigenvalue weighted by molar-refractivity contribution is 0.507. The summed E-state index contributed by atoms with van der Waals surface area (Å²) in [6.45, 7) is 0.380. The molecule has 2 heterocycles. The number of hydrogen-bond acceptors (Lipinski definition) is 4. The Morgan fingerprint density at radius 3 is 3.00 bits per heavy atom. The highest BCUT2D eigenvalue weighted by atomic mass is 79.9. The third kappa shape index (κ3) is 1.67. The molecular weight excluding hydrogens is 252 g/mol. The third-order valence-electron chi connectivity index (χ3n) is 1.63. The van der Waals surface area contributed by atoms with Crippen molar-refractivity contribution in [2.45, 2.75) is 6.54 Å². The Hall–Kier alpha value is -0.650. The van der Waals surface area contributed by atoms with Gasteiger partial charge in [-0.05, 0) is 28.1 Å². The molecule has 0 amide bonds. The number of oxazole rings is 1. The van der Waals surface area contributed by atoms with Crippen LogP contribution < -0.4 is 5.73 Å². The summed E-state index contributed by atoms with van der Waals surface area (Å²) in [6, 6.07) is 3.97. The summed E-state index contributed by atoms with van der Waals surface area (Å²) >= 11 is 5.01. The topological polar surface area (TPSA) is 52.0 Å². The first kappa shape index (κ1) is 8.93. The molecule has 3 nitrogen and oxygen atoms in total. The quantitative estimate of drug-likeness (QED) is 0.901. The van der Waals surface area contributed by atoms with Gasteiger partial charge in [-0.1, -0.05) is 0 Å². The van der Waals surface area contributed by atoms with Gasteiger partial charge in [0.1, 0.15) is 11.5 Å². The normalized spacial score (nSPS) is 10.6. The van der Waals surface area contributed by atoms with Gasteiger partial charge in [0, 0.05) is 0 Å². The summed E-state index contributed by atoms with van der Waals surface area (Å²) in [7, 11) is 0. The van der Waals surface area contributed by atoms with Crippen LogP contribution in [0.5, 0.6) is 0 Å². The second-order valence-corrected chi connectivity index (χ2v) is 4.90. The maximum atomic E-state index is 5.50. The van der Waals surface area contributed by atoms with E-state index in [1.807, 2.05) is 12.1 Å². The first-order chi connectivity index (χ1) is 6.31. The molecular formula is C8H7BrN2OS. The summed E-state index contributed by atoms with van der Waals surface area (Å²) in [6.07, 6.45) is 1.42. The molecule has 0 aliphatic heterocycles. The highest BCUT2D eigenvalue weighted by Crippen LogP contribution is 2.32. The lowest BCUT2D eigenvalue weighted by Crippen LogP contribution is -1.95. The zero-order valence-corrected chi connectivity index (χ0v) is 9.06. The van der Waals surface area contributed by atoms with E-state index in [9.17, 15) is 0 Å². The first-order valence-electron chi connectivity index (χ1n) is 3.69. The number of nitrogens with two attached hydrogens (primary N) is 1. The van der Waals surface area contributed by atoms with Crippen LogP contribution in [0.25, 0.3) is 10.6 Å². The fourth-order valence-electron chi connectivity index (χ4n) is 1.06. The van der Waals surface area contributed by atoms with Gasteiger partial charge in [0.2, 0.25) is 0 Å². The summed E-state index contributed by atoms with van der Waals surface area (Å²) in [4.78, 5) is 5.18. The van der Waals surface area contributed by atoms with Crippen LogP contribution in [0.4, 0.5) is 0 Å². The van der Waals surface area contributed by atoms with Gasteiger partial charge >= 0.3 is 0 Å². The largest absolute Gasteiger partial charge is 0.446 e. The fourth-order valence-corrected chi connectivity index (χ4v) is 2.46. The molecule has 0 saturated carbocycles. The zero-order chi connectivity index (χ0) is 9.26. The molecule has 0 aromatic carbocycles. The average Bonchev–Trinajstić information content (AvgIpc) is 2.71. The molecule has 0 saturated heterocycles. The van der Waals surface area contributed by atoms with Gasteiger partial charge in [-0.3, -0.25) is 0 Å². The molecule has 0 fully saturated rings. The van der Waals surface area contributed by atoms with Crippen LogP contribution in [0.1, 0.15) is 5.76 Å². The van der Waals surface area contributed by atoms with E-state index in [0.29, 0.717) is 6.54 Å². The minimum Gasteiger partial charge on any atom is -0.446 e. The van der Waals surface area contributed by atoms with Gasteiger partial charge in [-0.25, -0.2) is 4.98 Å². The van der Waals surface area contributed by atoms with E-state index in [0.717, 1.165) is 20.1 Å². The van der Waals surface area contributed by atoms with Gasteiger partial charge < -0.3 is 10.2 Å². The second-order valence-electron chi connectivity index (χ2n) is 2.43. The number of aromatic nitrogens is 1. The molecule has 0 aliphatic carbocycles. The molecule has 0 atom stereocenters. The van der Waals surface area contributed by atoms with Crippen LogP contribution in [-0.4, -0.2) is 4.98 Å². The highest BCUT2D eigenvalue weighted by Gasteiger charge is 2.10. The lowest BCUT2D eigenvalue weighted by atomic mass is 10.3. The van der Waals surface area contributed by atoms with E-state index < -0.39 is 0 Å². The molecule has 13 heavy (non-hydrogen) atoms. The predicted octanol–water partition coefficient (Wildman–Crippen LogP) is 2.62. The van der Waals surface area contributed by atoms with Crippen LogP contribution >= 0.6 is 27.3 Å². The maximum Gasteiger partial charge on any atom is 0.181 e. The van der Waals surface area contributed by atoms with Crippen LogP contribution in [-0.2, 0) is 6.54 Å². The number of rotatable bonds is 2. The predicted molar refractivity (Wildman–Crippen MR) is 55.4 cm³/mol. The number of thiophene rings is 1. The molecule has 2 aromatic rings. The van der Waals surface area contributed by atoms with Crippen molar-refractivity contribution < 1.29 is 4.42 Å². The van der Waals surface area contributed by atoms with Crippen LogP contribution in [0.3, 0.4) is 0 Å². The van der Waals surface area contributed by atoms with Crippen molar-refractivity contribution in [2.75, 3.05) is 0 Å². The minimum absolute atomic E-state index is 0.380. The Morgan fingerprint density at radius 2 is 2.38 bits per heavy atom. The van der Waals surface area contributed by atoms with Gasteiger partial charge in [0.05, 0.1) is 15.2 Å². The Kier molecular flexibility index (Phi) is 2.48. The Labute approximate surface area is 87.7 Å². The van der Waals surface area contributed by atoms with E-state index in [-0.39, 0.29) is 0 Å². The van der Waals surface area contributed by atoms with Crippen molar-refractivity contribution in [2.24, 2.45) is 5.73 Å². The van der Waals surface area contributed by atoms with E-state index in [2.05, 4.69) is 20.9 Å². The molecule has 0 radical (unpaired) electrons. The molecule has 2 N–H and O–H groups in total. The smallest absolute Gasteiger partial charge is 0.181 e. The van der Waals surface area contributed by atoms with Crippen molar-refractivity contribution >= 4 is 27.3 Å². The molecule has 0 spiro atoms. The first-order valence-corrected chi connectivity index (χ1v) is 5.30. The van der Waals surface area contributed by atoms with E-state index in [4.69, 9.17) is 10.2 Å². The maximum absolute atomic E-state index is 5.50. The molecule has 2 aromatic heterocycles. The van der Waals surface area contributed by atoms with Crippen molar-refractivity contribution in [1.82, 2.24) is 4.98 Å². The Bertz CT molecular complexity index is 410. The molecule has 2 rings (SSSR count). The second kappa shape index (κ2) is 3.61. The minimum atomic E-state index is 0.380. The number of nitrogens with zero attached hydrogens (tertiary/aromatic N) is 1. The van der Waals surface area contributed by atoms with Gasteiger partial charge in [0.25, 0.3) is 0 Å². The van der Waals surface area contributed by atoms with Crippen molar-refractivity contribution in [3.05, 3.63) is 28.1 Å². The summed E-state index contributed by atoms with van der Waals surface area (Å²) in [5.74, 6) is 0.731. The van der Waals surface area contributed by atoms with E-state index in [1.165, 1.54) is 6.39 Å². The van der Waals surface area contributed by atoms with E-state index >= 15 is 0 Å².